The van der Waals surface area contributed by atoms with Crippen LogP contribution in [0.4, 0.5) is 5.69 Å². The number of anilines is 1. The number of amides is 1. The minimum atomic E-state index is -0.339. The molecule has 0 fully saturated rings. The highest BCUT2D eigenvalue weighted by atomic mass is 32.1. The summed E-state index contributed by atoms with van der Waals surface area (Å²) in [4.78, 5) is 13.1. The molecule has 1 unspecified atom stereocenters. The summed E-state index contributed by atoms with van der Waals surface area (Å²) in [5.41, 5.74) is 3.43. The fraction of sp³-hybridized carbons (Fsp3) is 0.250. The summed E-state index contributed by atoms with van der Waals surface area (Å²) in [6, 6.07) is 11.0. The minimum absolute atomic E-state index is 0.161. The first kappa shape index (κ1) is 16.0. The Morgan fingerprint density at radius 3 is 2.73 bits per heavy atom. The number of nitrogens with one attached hydrogen (secondary N) is 2. The van der Waals surface area contributed by atoms with E-state index in [1.165, 1.54) is 0 Å². The number of hydrazone groups is 1. The maximum absolute atomic E-state index is 12.1. The van der Waals surface area contributed by atoms with Gasteiger partial charge >= 0.3 is 0 Å². The Labute approximate surface area is 134 Å². The lowest BCUT2D eigenvalue weighted by molar-refractivity contribution is -0.121. The Bertz CT molecular complexity index is 609. The van der Waals surface area contributed by atoms with Crippen molar-refractivity contribution in [2.24, 2.45) is 5.10 Å². The van der Waals surface area contributed by atoms with E-state index < -0.39 is 0 Å². The van der Waals surface area contributed by atoms with Crippen LogP contribution in [0.1, 0.15) is 18.2 Å². The van der Waals surface area contributed by atoms with E-state index in [0.717, 1.165) is 16.3 Å². The molecule has 1 aromatic heterocycles. The average Bonchev–Trinajstić information content (AvgIpc) is 3.06. The van der Waals surface area contributed by atoms with Gasteiger partial charge in [-0.25, -0.2) is 5.43 Å². The molecule has 1 atom stereocenters. The second-order valence-corrected chi connectivity index (χ2v) is 5.56. The van der Waals surface area contributed by atoms with Crippen LogP contribution in [0.5, 0.6) is 5.75 Å². The van der Waals surface area contributed by atoms with E-state index in [0.29, 0.717) is 6.42 Å². The molecular weight excluding hydrogens is 298 g/mol. The van der Waals surface area contributed by atoms with Crippen molar-refractivity contribution < 1.29 is 9.53 Å². The zero-order valence-corrected chi connectivity index (χ0v) is 13.4. The average molecular weight is 317 g/mol. The van der Waals surface area contributed by atoms with Crippen LogP contribution in [-0.2, 0) is 4.79 Å². The second kappa shape index (κ2) is 8.19. The van der Waals surface area contributed by atoms with Gasteiger partial charge in [0, 0.05) is 10.6 Å². The normalized spacial score (nSPS) is 12.1. The van der Waals surface area contributed by atoms with E-state index in [2.05, 4.69) is 15.8 Å². The fourth-order valence-electron chi connectivity index (χ4n) is 1.84. The molecule has 0 saturated carbocycles. The molecule has 0 aliphatic rings. The van der Waals surface area contributed by atoms with Crippen LogP contribution in [0, 0.1) is 0 Å². The van der Waals surface area contributed by atoms with Gasteiger partial charge in [-0.15, -0.1) is 11.3 Å². The Balaban J connectivity index is 1.90. The van der Waals surface area contributed by atoms with E-state index >= 15 is 0 Å². The van der Waals surface area contributed by atoms with E-state index in [1.807, 2.05) is 48.7 Å². The van der Waals surface area contributed by atoms with Crippen LogP contribution in [-0.4, -0.2) is 25.3 Å². The molecule has 0 radical (unpaired) electrons. The van der Waals surface area contributed by atoms with Gasteiger partial charge in [-0.2, -0.15) is 5.10 Å². The molecule has 0 saturated heterocycles. The number of thiophene rings is 1. The Morgan fingerprint density at radius 2 is 2.14 bits per heavy atom. The maximum atomic E-state index is 12.1. The van der Waals surface area contributed by atoms with E-state index in [-0.39, 0.29) is 11.9 Å². The van der Waals surface area contributed by atoms with Gasteiger partial charge in [0.25, 0.3) is 5.91 Å². The zero-order valence-electron chi connectivity index (χ0n) is 12.6. The standard InChI is InChI=1S/C16H19N3O2S/c1-3-15(18-12-6-8-13(21-2)9-7-12)16(20)19-17-11-14-5-4-10-22-14/h4-11,15,18H,3H2,1-2H3,(H,19,20)/b17-11+. The summed E-state index contributed by atoms with van der Waals surface area (Å²) >= 11 is 1.57. The molecule has 5 nitrogen and oxygen atoms in total. The van der Waals surface area contributed by atoms with Crippen molar-refractivity contribution in [2.75, 3.05) is 12.4 Å². The molecule has 2 aromatic rings. The lowest BCUT2D eigenvalue weighted by Gasteiger charge is -2.16. The lowest BCUT2D eigenvalue weighted by Crippen LogP contribution is -2.36. The quantitative estimate of drug-likeness (QED) is 0.609. The van der Waals surface area contributed by atoms with Crippen molar-refractivity contribution >= 4 is 29.1 Å². The largest absolute Gasteiger partial charge is 0.497 e. The summed E-state index contributed by atoms with van der Waals surface area (Å²) in [5.74, 6) is 0.620. The van der Waals surface area contributed by atoms with Crippen LogP contribution in [0.15, 0.2) is 46.9 Å². The molecule has 1 heterocycles. The maximum Gasteiger partial charge on any atom is 0.262 e. The Hall–Kier alpha value is -2.34. The molecule has 1 amide bonds. The third-order valence-corrected chi connectivity index (χ3v) is 3.87. The first-order valence-corrected chi connectivity index (χ1v) is 7.88. The molecule has 0 spiro atoms. The number of methoxy groups -OCH3 is 1. The predicted molar refractivity (Wildman–Crippen MR) is 90.8 cm³/mol. The van der Waals surface area contributed by atoms with E-state index in [4.69, 9.17) is 4.74 Å². The van der Waals surface area contributed by atoms with Crippen LogP contribution in [0.25, 0.3) is 0 Å². The Morgan fingerprint density at radius 1 is 1.36 bits per heavy atom. The van der Waals surface area contributed by atoms with Gasteiger partial charge in [0.15, 0.2) is 0 Å². The number of benzene rings is 1. The third-order valence-electron chi connectivity index (χ3n) is 3.07. The summed E-state index contributed by atoms with van der Waals surface area (Å²) in [6.07, 6.45) is 2.30. The molecule has 0 aliphatic heterocycles. The van der Waals surface area contributed by atoms with Crippen molar-refractivity contribution in [3.05, 3.63) is 46.7 Å². The molecule has 22 heavy (non-hydrogen) atoms. The van der Waals surface area contributed by atoms with Crippen LogP contribution in [0.3, 0.4) is 0 Å². The molecule has 0 bridgehead atoms. The minimum Gasteiger partial charge on any atom is -0.497 e. The van der Waals surface area contributed by atoms with Gasteiger partial charge in [-0.3, -0.25) is 4.79 Å². The van der Waals surface area contributed by atoms with E-state index in [9.17, 15) is 4.79 Å². The summed E-state index contributed by atoms with van der Waals surface area (Å²) in [6.45, 7) is 1.95. The predicted octanol–water partition coefficient (Wildman–Crippen LogP) is 3.10. The van der Waals surface area contributed by atoms with Gasteiger partial charge in [0.1, 0.15) is 11.8 Å². The SMILES string of the molecule is CCC(Nc1ccc(OC)cc1)C(=O)N/N=C/c1cccs1. The van der Waals surface area contributed by atoms with Gasteiger partial charge < -0.3 is 10.1 Å². The zero-order chi connectivity index (χ0) is 15.8. The van der Waals surface area contributed by atoms with Crippen LogP contribution < -0.4 is 15.5 Å². The highest BCUT2D eigenvalue weighted by molar-refractivity contribution is 7.11. The summed E-state index contributed by atoms with van der Waals surface area (Å²) in [5, 5.41) is 9.12. The lowest BCUT2D eigenvalue weighted by atomic mass is 10.2. The van der Waals surface area contributed by atoms with Crippen molar-refractivity contribution in [3.8, 4) is 5.75 Å². The Kier molecular flexibility index (Phi) is 5.97. The van der Waals surface area contributed by atoms with Crippen molar-refractivity contribution in [1.29, 1.82) is 0 Å². The number of carbonyl (C=O) groups excluding carboxylic acids is 1. The molecule has 116 valence electrons. The number of carbonyl (C=O) groups is 1. The van der Waals surface area contributed by atoms with Crippen molar-refractivity contribution in [1.82, 2.24) is 5.43 Å². The summed E-state index contributed by atoms with van der Waals surface area (Å²) < 4.78 is 5.11. The fourth-order valence-corrected chi connectivity index (χ4v) is 2.43. The molecular formula is C16H19N3O2S. The molecule has 0 aliphatic carbocycles. The second-order valence-electron chi connectivity index (χ2n) is 4.58. The van der Waals surface area contributed by atoms with Gasteiger partial charge in [-0.05, 0) is 42.1 Å². The van der Waals surface area contributed by atoms with E-state index in [1.54, 1.807) is 24.7 Å². The van der Waals surface area contributed by atoms with Gasteiger partial charge in [0.2, 0.25) is 0 Å². The first-order chi connectivity index (χ1) is 10.7. The van der Waals surface area contributed by atoms with Crippen molar-refractivity contribution in [2.45, 2.75) is 19.4 Å². The molecule has 2 N–H and O–H groups in total. The third kappa shape index (κ3) is 4.60. The topological polar surface area (TPSA) is 62.7 Å². The van der Waals surface area contributed by atoms with Crippen LogP contribution in [0.2, 0.25) is 0 Å². The summed E-state index contributed by atoms with van der Waals surface area (Å²) in [7, 11) is 1.62. The van der Waals surface area contributed by atoms with Crippen molar-refractivity contribution in [3.63, 3.8) is 0 Å². The van der Waals surface area contributed by atoms with Gasteiger partial charge in [-0.1, -0.05) is 13.0 Å². The number of nitrogens with zero attached hydrogens (tertiary/aromatic N) is 1. The number of hydrogen-bond donors (Lipinski definition) is 2. The monoisotopic (exact) mass is 317 g/mol. The first-order valence-electron chi connectivity index (χ1n) is 7.00. The number of hydrogen-bond acceptors (Lipinski definition) is 5. The van der Waals surface area contributed by atoms with Gasteiger partial charge in [0.05, 0.1) is 13.3 Å². The molecule has 2 rings (SSSR count). The highest BCUT2D eigenvalue weighted by Crippen LogP contribution is 2.16. The molecule has 1 aromatic carbocycles. The number of ether oxygens (including phenoxy) is 1. The number of rotatable bonds is 7. The van der Waals surface area contributed by atoms with Crippen LogP contribution >= 0.6 is 11.3 Å². The smallest absolute Gasteiger partial charge is 0.262 e. The molecule has 6 heteroatoms. The highest BCUT2D eigenvalue weighted by Gasteiger charge is 2.15.